The Balaban J connectivity index is 1.72. The van der Waals surface area contributed by atoms with Crippen molar-refractivity contribution in [2.24, 2.45) is 0 Å². The number of hydrogen-bond acceptors (Lipinski definition) is 5. The fourth-order valence-corrected chi connectivity index (χ4v) is 2.74. The van der Waals surface area contributed by atoms with Gasteiger partial charge in [0.25, 0.3) is 0 Å². The summed E-state index contributed by atoms with van der Waals surface area (Å²) in [5, 5.41) is 11.6. The van der Waals surface area contributed by atoms with E-state index in [1.807, 2.05) is 26.0 Å². The maximum absolute atomic E-state index is 13.2. The molecule has 0 spiro atoms. The molecule has 1 N–H and O–H groups in total. The van der Waals surface area contributed by atoms with Crippen molar-refractivity contribution in [3.05, 3.63) is 65.4 Å². The zero-order chi connectivity index (χ0) is 17.4. The number of aromatic nitrogens is 4. The highest BCUT2D eigenvalue weighted by Crippen LogP contribution is 2.23. The van der Waals surface area contributed by atoms with Gasteiger partial charge in [0.15, 0.2) is 5.65 Å². The minimum atomic E-state index is -0.272. The number of nitrogens with one attached hydrogen (secondary N) is 1. The van der Waals surface area contributed by atoms with Crippen molar-refractivity contribution in [2.45, 2.75) is 20.4 Å². The zero-order valence-electron chi connectivity index (χ0n) is 13.8. The van der Waals surface area contributed by atoms with Crippen LogP contribution in [-0.2, 0) is 6.54 Å². The summed E-state index contributed by atoms with van der Waals surface area (Å²) in [6.45, 7) is 4.35. The number of hydrogen-bond donors (Lipinski definition) is 1. The molecule has 0 atom stereocenters. The smallest absolute Gasteiger partial charge is 0.157 e. The molecule has 126 valence electrons. The molecule has 25 heavy (non-hydrogen) atoms. The quantitative estimate of drug-likeness (QED) is 0.614. The second kappa shape index (κ2) is 6.01. The van der Waals surface area contributed by atoms with Crippen molar-refractivity contribution in [3.8, 4) is 11.3 Å². The predicted octanol–water partition coefficient (Wildman–Crippen LogP) is 3.75. The molecule has 0 saturated carbocycles. The van der Waals surface area contributed by atoms with Crippen LogP contribution in [0.15, 0.2) is 47.1 Å². The van der Waals surface area contributed by atoms with E-state index < -0.39 is 0 Å². The topological polar surface area (TPSA) is 68.2 Å². The van der Waals surface area contributed by atoms with Gasteiger partial charge in [0.05, 0.1) is 17.6 Å². The van der Waals surface area contributed by atoms with Gasteiger partial charge in [0, 0.05) is 29.8 Å². The number of halogens is 1. The van der Waals surface area contributed by atoms with Crippen LogP contribution >= 0.6 is 0 Å². The lowest BCUT2D eigenvalue weighted by Crippen LogP contribution is -2.07. The van der Waals surface area contributed by atoms with Gasteiger partial charge in [0.1, 0.15) is 17.4 Å². The molecule has 3 heterocycles. The molecular weight excluding hydrogens is 321 g/mol. The van der Waals surface area contributed by atoms with Gasteiger partial charge in [-0.25, -0.2) is 9.37 Å². The molecule has 3 aromatic heterocycles. The lowest BCUT2D eigenvalue weighted by molar-refractivity contribution is 0.392. The number of rotatable bonds is 4. The summed E-state index contributed by atoms with van der Waals surface area (Å²) in [5.41, 5.74) is 4.16. The summed E-state index contributed by atoms with van der Waals surface area (Å²) in [6, 6.07) is 9.99. The minimum absolute atomic E-state index is 0.272. The standard InChI is InChI=1S/C18H16FN5O/c1-11-15(12(2)25-23-11)10-20-18-9-16(13-3-5-14(19)6-4-13)22-17-7-8-21-24(17)18/h3-9,20H,10H2,1-2H3. The van der Waals surface area contributed by atoms with Crippen molar-refractivity contribution in [1.82, 2.24) is 19.8 Å². The summed E-state index contributed by atoms with van der Waals surface area (Å²) < 4.78 is 20.1. The van der Waals surface area contributed by atoms with Crippen LogP contribution in [0.25, 0.3) is 16.9 Å². The van der Waals surface area contributed by atoms with Crippen molar-refractivity contribution in [3.63, 3.8) is 0 Å². The predicted molar refractivity (Wildman–Crippen MR) is 91.7 cm³/mol. The number of nitrogens with zero attached hydrogens (tertiary/aromatic N) is 4. The van der Waals surface area contributed by atoms with Crippen LogP contribution in [0.2, 0.25) is 0 Å². The molecule has 0 aliphatic heterocycles. The first-order chi connectivity index (χ1) is 12.1. The summed E-state index contributed by atoms with van der Waals surface area (Å²) in [6.07, 6.45) is 1.69. The molecule has 1 aromatic carbocycles. The molecule has 4 aromatic rings. The normalized spacial score (nSPS) is 11.2. The van der Waals surface area contributed by atoms with Crippen molar-refractivity contribution >= 4 is 11.5 Å². The van der Waals surface area contributed by atoms with Crippen molar-refractivity contribution < 1.29 is 8.91 Å². The van der Waals surface area contributed by atoms with Gasteiger partial charge in [-0.3, -0.25) is 0 Å². The Bertz CT molecular complexity index is 1020. The average Bonchev–Trinajstić information content (AvgIpc) is 3.20. The van der Waals surface area contributed by atoms with E-state index in [9.17, 15) is 4.39 Å². The Labute approximate surface area is 143 Å². The van der Waals surface area contributed by atoms with E-state index in [-0.39, 0.29) is 5.82 Å². The Morgan fingerprint density at radius 3 is 2.68 bits per heavy atom. The molecular formula is C18H16FN5O. The SMILES string of the molecule is Cc1noc(C)c1CNc1cc(-c2ccc(F)cc2)nc2ccnn12. The molecule has 6 nitrogen and oxygen atoms in total. The zero-order valence-corrected chi connectivity index (χ0v) is 13.8. The fraction of sp³-hybridized carbons (Fsp3) is 0.167. The molecule has 0 saturated heterocycles. The number of fused-ring (bicyclic) bond motifs is 1. The molecule has 0 bridgehead atoms. The second-order valence-corrected chi connectivity index (χ2v) is 5.79. The average molecular weight is 337 g/mol. The van der Waals surface area contributed by atoms with Crippen molar-refractivity contribution in [1.29, 1.82) is 0 Å². The Kier molecular flexibility index (Phi) is 3.68. The maximum Gasteiger partial charge on any atom is 0.157 e. The molecule has 4 rings (SSSR count). The first-order valence-electron chi connectivity index (χ1n) is 7.88. The van der Waals surface area contributed by atoms with Crippen LogP contribution < -0.4 is 5.32 Å². The van der Waals surface area contributed by atoms with Gasteiger partial charge in [-0.05, 0) is 38.1 Å². The highest BCUT2D eigenvalue weighted by Gasteiger charge is 2.12. The van der Waals surface area contributed by atoms with Gasteiger partial charge >= 0.3 is 0 Å². The monoisotopic (exact) mass is 337 g/mol. The van der Waals surface area contributed by atoms with E-state index in [0.29, 0.717) is 12.2 Å². The molecule has 0 aliphatic carbocycles. The lowest BCUT2D eigenvalue weighted by Gasteiger charge is -2.10. The van der Waals surface area contributed by atoms with Crippen LogP contribution in [0.5, 0.6) is 0 Å². The van der Waals surface area contributed by atoms with E-state index in [1.54, 1.807) is 22.8 Å². The van der Waals surface area contributed by atoms with Gasteiger partial charge in [0.2, 0.25) is 0 Å². The van der Waals surface area contributed by atoms with Crippen LogP contribution in [0, 0.1) is 19.7 Å². The molecule has 0 radical (unpaired) electrons. The molecule has 0 unspecified atom stereocenters. The van der Waals surface area contributed by atoms with E-state index in [2.05, 4.69) is 20.6 Å². The highest BCUT2D eigenvalue weighted by atomic mass is 19.1. The lowest BCUT2D eigenvalue weighted by atomic mass is 10.1. The van der Waals surface area contributed by atoms with Crippen LogP contribution in [0.3, 0.4) is 0 Å². The summed E-state index contributed by atoms with van der Waals surface area (Å²) >= 11 is 0. The van der Waals surface area contributed by atoms with Crippen LogP contribution in [-0.4, -0.2) is 19.8 Å². The Morgan fingerprint density at radius 1 is 1.16 bits per heavy atom. The fourth-order valence-electron chi connectivity index (χ4n) is 2.74. The summed E-state index contributed by atoms with van der Waals surface area (Å²) in [5.74, 6) is 1.30. The van der Waals surface area contributed by atoms with E-state index in [0.717, 1.165) is 34.1 Å². The van der Waals surface area contributed by atoms with Crippen LogP contribution in [0.1, 0.15) is 17.0 Å². The number of aryl methyl sites for hydroxylation is 2. The first kappa shape index (κ1) is 15.3. The third-order valence-electron chi connectivity index (χ3n) is 4.13. The number of benzene rings is 1. The first-order valence-corrected chi connectivity index (χ1v) is 7.88. The van der Waals surface area contributed by atoms with Crippen LogP contribution in [0.4, 0.5) is 10.2 Å². The van der Waals surface area contributed by atoms with Gasteiger partial charge in [-0.1, -0.05) is 5.16 Å². The molecule has 0 fully saturated rings. The summed E-state index contributed by atoms with van der Waals surface area (Å²) in [4.78, 5) is 4.58. The maximum atomic E-state index is 13.2. The second-order valence-electron chi connectivity index (χ2n) is 5.79. The van der Waals surface area contributed by atoms with Gasteiger partial charge in [-0.2, -0.15) is 9.61 Å². The van der Waals surface area contributed by atoms with E-state index >= 15 is 0 Å². The molecule has 7 heteroatoms. The van der Waals surface area contributed by atoms with Gasteiger partial charge in [-0.15, -0.1) is 0 Å². The summed E-state index contributed by atoms with van der Waals surface area (Å²) in [7, 11) is 0. The molecule has 0 aliphatic rings. The third-order valence-corrected chi connectivity index (χ3v) is 4.13. The minimum Gasteiger partial charge on any atom is -0.366 e. The van der Waals surface area contributed by atoms with Gasteiger partial charge < -0.3 is 9.84 Å². The highest BCUT2D eigenvalue weighted by molar-refractivity contribution is 5.66. The van der Waals surface area contributed by atoms with E-state index in [4.69, 9.17) is 4.52 Å². The third kappa shape index (κ3) is 2.84. The van der Waals surface area contributed by atoms with Crippen molar-refractivity contribution in [2.75, 3.05) is 5.32 Å². The Hall–Kier alpha value is -3.22. The molecule has 0 amide bonds. The van der Waals surface area contributed by atoms with E-state index in [1.165, 1.54) is 12.1 Å². The largest absolute Gasteiger partial charge is 0.366 e. The Morgan fingerprint density at radius 2 is 1.96 bits per heavy atom. The number of anilines is 1.